The number of nitrogens with zero attached hydrogens (tertiary/aromatic N) is 3. The van der Waals surface area contributed by atoms with Crippen molar-refractivity contribution in [1.82, 2.24) is 14.8 Å². The van der Waals surface area contributed by atoms with Crippen LogP contribution in [0.15, 0.2) is 17.0 Å². The van der Waals surface area contributed by atoms with E-state index in [-0.39, 0.29) is 10.9 Å². The molecule has 0 saturated heterocycles. The third-order valence-electron chi connectivity index (χ3n) is 3.08. The van der Waals surface area contributed by atoms with Crippen LogP contribution >= 0.6 is 0 Å². The van der Waals surface area contributed by atoms with E-state index >= 15 is 0 Å². The average Bonchev–Trinajstić information content (AvgIpc) is 2.69. The molecule has 0 radical (unpaired) electrons. The molecule has 6 nitrogen and oxygen atoms in total. The Kier molecular flexibility index (Phi) is 4.19. The number of hydrogen-bond acceptors (Lipinski definition) is 4. The molecule has 0 atom stereocenters. The molecule has 120 valence electrons. The van der Waals surface area contributed by atoms with Crippen LogP contribution in [0.4, 0.5) is 14.5 Å². The molecule has 22 heavy (non-hydrogen) atoms. The predicted octanol–water partition coefficient (Wildman–Crippen LogP) is 2.55. The highest BCUT2D eigenvalue weighted by molar-refractivity contribution is 7.92. The molecule has 0 aliphatic carbocycles. The lowest BCUT2D eigenvalue weighted by atomic mass is 10.3. The first kappa shape index (κ1) is 16.3. The summed E-state index contributed by atoms with van der Waals surface area (Å²) < 4.78 is 54.9. The van der Waals surface area contributed by atoms with Crippen LogP contribution in [0.25, 0.3) is 0 Å². The minimum Gasteiger partial charge on any atom is -0.275 e. The van der Waals surface area contributed by atoms with Gasteiger partial charge in [-0.2, -0.15) is 18.9 Å². The summed E-state index contributed by atoms with van der Waals surface area (Å²) in [4.78, 5) is 2.93. The van der Waals surface area contributed by atoms with Crippen LogP contribution in [0, 0.1) is 25.7 Å². The van der Waals surface area contributed by atoms with Crippen molar-refractivity contribution in [3.63, 3.8) is 0 Å². The topological polar surface area (TPSA) is 76.9 Å². The quantitative estimate of drug-likeness (QED) is 0.874. The molecule has 0 aliphatic heterocycles. The van der Waals surface area contributed by atoms with E-state index in [1.807, 2.05) is 13.8 Å². The van der Waals surface area contributed by atoms with E-state index in [1.54, 1.807) is 18.5 Å². The lowest BCUT2D eigenvalue weighted by Crippen LogP contribution is -2.16. The number of aromatic nitrogens is 3. The molecule has 2 aromatic heterocycles. The fourth-order valence-electron chi connectivity index (χ4n) is 2.22. The van der Waals surface area contributed by atoms with Crippen molar-refractivity contribution in [2.75, 3.05) is 4.72 Å². The lowest BCUT2D eigenvalue weighted by molar-refractivity contribution is 0.513. The molecular weight excluding hydrogens is 314 g/mol. The third-order valence-corrected chi connectivity index (χ3v) is 4.69. The first-order valence-electron chi connectivity index (χ1n) is 6.54. The maximum Gasteiger partial charge on any atom is 0.265 e. The smallest absolute Gasteiger partial charge is 0.265 e. The predicted molar refractivity (Wildman–Crippen MR) is 77.0 cm³/mol. The van der Waals surface area contributed by atoms with E-state index in [0.29, 0.717) is 11.4 Å². The molecule has 0 fully saturated rings. The molecule has 0 unspecified atom stereocenters. The number of hydrogen-bond donors (Lipinski definition) is 1. The maximum absolute atomic E-state index is 13.5. The Hall–Kier alpha value is -2.03. The van der Waals surface area contributed by atoms with Crippen LogP contribution in [0.5, 0.6) is 0 Å². The maximum atomic E-state index is 13.5. The molecule has 0 aromatic carbocycles. The second kappa shape index (κ2) is 5.64. The van der Waals surface area contributed by atoms with E-state index in [1.165, 1.54) is 0 Å². The van der Waals surface area contributed by atoms with Crippen LogP contribution in [0.1, 0.15) is 31.3 Å². The Bertz CT molecular complexity index is 816. The van der Waals surface area contributed by atoms with Gasteiger partial charge in [0.1, 0.15) is 10.6 Å². The molecule has 2 rings (SSSR count). The number of anilines is 1. The van der Waals surface area contributed by atoms with Crippen molar-refractivity contribution >= 4 is 15.7 Å². The fourth-order valence-corrected chi connectivity index (χ4v) is 3.68. The largest absolute Gasteiger partial charge is 0.275 e. The Morgan fingerprint density at radius 3 is 2.36 bits per heavy atom. The van der Waals surface area contributed by atoms with Gasteiger partial charge in [0.2, 0.25) is 11.9 Å². The molecule has 1 N–H and O–H groups in total. The van der Waals surface area contributed by atoms with Crippen molar-refractivity contribution in [3.8, 4) is 0 Å². The highest BCUT2D eigenvalue weighted by atomic mass is 32.2. The lowest BCUT2D eigenvalue weighted by Gasteiger charge is -2.10. The van der Waals surface area contributed by atoms with Crippen LogP contribution in [-0.2, 0) is 10.0 Å². The van der Waals surface area contributed by atoms with Gasteiger partial charge >= 0.3 is 0 Å². The van der Waals surface area contributed by atoms with Gasteiger partial charge in [0.15, 0.2) is 0 Å². The Labute approximate surface area is 127 Å². The Morgan fingerprint density at radius 1 is 1.23 bits per heavy atom. The van der Waals surface area contributed by atoms with E-state index in [4.69, 9.17) is 0 Å². The summed E-state index contributed by atoms with van der Waals surface area (Å²) in [6, 6.07) is 1.83. The van der Waals surface area contributed by atoms with Crippen LogP contribution < -0.4 is 4.72 Å². The van der Waals surface area contributed by atoms with E-state index in [2.05, 4.69) is 14.8 Å². The standard InChI is InChI=1S/C13H16F2N4O2S/c1-7(2)19-9(4)12(8(3)17-19)22(20,21)18-10-5-6-11(14)16-13(10)15/h5-7,18H,1-4H3. The zero-order valence-electron chi connectivity index (χ0n) is 12.6. The molecule has 0 spiro atoms. The highest BCUT2D eigenvalue weighted by Crippen LogP contribution is 2.25. The third kappa shape index (κ3) is 2.94. The molecule has 2 aromatic rings. The monoisotopic (exact) mass is 330 g/mol. The van der Waals surface area contributed by atoms with Gasteiger partial charge in [0, 0.05) is 6.04 Å². The number of rotatable bonds is 4. The van der Waals surface area contributed by atoms with Gasteiger partial charge in [-0.1, -0.05) is 0 Å². The zero-order valence-corrected chi connectivity index (χ0v) is 13.4. The van der Waals surface area contributed by atoms with Crippen LogP contribution in [-0.4, -0.2) is 23.2 Å². The number of nitrogens with one attached hydrogen (secondary N) is 1. The normalized spacial score (nSPS) is 12.0. The van der Waals surface area contributed by atoms with Gasteiger partial charge in [0.25, 0.3) is 10.0 Å². The van der Waals surface area contributed by atoms with E-state index in [9.17, 15) is 17.2 Å². The summed E-state index contributed by atoms with van der Waals surface area (Å²) in [7, 11) is -4.06. The Morgan fingerprint density at radius 2 is 1.86 bits per heavy atom. The first-order chi connectivity index (χ1) is 10.1. The van der Waals surface area contributed by atoms with Crippen molar-refractivity contribution in [2.45, 2.75) is 38.6 Å². The van der Waals surface area contributed by atoms with Gasteiger partial charge in [-0.25, -0.2) is 8.42 Å². The number of pyridine rings is 1. The molecule has 2 heterocycles. The first-order valence-corrected chi connectivity index (χ1v) is 8.02. The summed E-state index contributed by atoms with van der Waals surface area (Å²) in [6.07, 6.45) is 0. The molecule has 9 heteroatoms. The van der Waals surface area contributed by atoms with E-state index < -0.39 is 27.6 Å². The average molecular weight is 330 g/mol. The highest BCUT2D eigenvalue weighted by Gasteiger charge is 2.26. The molecule has 0 amide bonds. The van der Waals surface area contributed by atoms with Crippen LogP contribution in [0.3, 0.4) is 0 Å². The number of halogens is 2. The zero-order chi connectivity index (χ0) is 16.7. The van der Waals surface area contributed by atoms with Crippen molar-refractivity contribution in [3.05, 3.63) is 35.4 Å². The van der Waals surface area contributed by atoms with Crippen molar-refractivity contribution < 1.29 is 17.2 Å². The van der Waals surface area contributed by atoms with Gasteiger partial charge in [-0.15, -0.1) is 0 Å². The minimum atomic E-state index is -4.06. The van der Waals surface area contributed by atoms with Gasteiger partial charge in [-0.05, 0) is 39.8 Å². The van der Waals surface area contributed by atoms with Gasteiger partial charge in [0.05, 0.1) is 11.4 Å². The molecular formula is C13H16F2N4O2S. The second-order valence-corrected chi connectivity index (χ2v) is 6.74. The number of aryl methyl sites for hydroxylation is 1. The summed E-state index contributed by atoms with van der Waals surface area (Å²) in [5.41, 5.74) is 0.321. The Balaban J connectivity index is 2.47. The molecule has 0 saturated carbocycles. The molecule has 0 bridgehead atoms. The summed E-state index contributed by atoms with van der Waals surface area (Å²) in [6.45, 7) is 6.91. The number of sulfonamides is 1. The van der Waals surface area contributed by atoms with Crippen LogP contribution in [0.2, 0.25) is 0 Å². The van der Waals surface area contributed by atoms with Crippen molar-refractivity contribution in [1.29, 1.82) is 0 Å². The summed E-state index contributed by atoms with van der Waals surface area (Å²) in [5.74, 6) is -2.25. The van der Waals surface area contributed by atoms with E-state index in [0.717, 1.165) is 12.1 Å². The summed E-state index contributed by atoms with van der Waals surface area (Å²) in [5, 5.41) is 4.18. The second-order valence-electron chi connectivity index (χ2n) is 5.12. The molecule has 0 aliphatic rings. The fraction of sp³-hybridized carbons (Fsp3) is 0.385. The minimum absolute atomic E-state index is 0.0214. The van der Waals surface area contributed by atoms with Crippen molar-refractivity contribution in [2.24, 2.45) is 0 Å². The van der Waals surface area contributed by atoms with Gasteiger partial charge < -0.3 is 0 Å². The summed E-state index contributed by atoms with van der Waals surface area (Å²) >= 11 is 0. The SMILES string of the molecule is Cc1nn(C(C)C)c(C)c1S(=O)(=O)Nc1ccc(F)nc1F. The van der Waals surface area contributed by atoms with Gasteiger partial charge in [-0.3, -0.25) is 9.40 Å².